The molecule has 0 atom stereocenters. The van der Waals surface area contributed by atoms with E-state index in [1.165, 1.54) is 7.11 Å². The van der Waals surface area contributed by atoms with Gasteiger partial charge in [-0.3, -0.25) is 4.79 Å². The normalized spacial score (nSPS) is 18.3. The third-order valence-corrected chi connectivity index (χ3v) is 2.68. The van der Waals surface area contributed by atoms with Crippen molar-refractivity contribution < 1.29 is 18.7 Å². The van der Waals surface area contributed by atoms with Crippen LogP contribution in [0.4, 0.5) is 0 Å². The van der Waals surface area contributed by atoms with Crippen LogP contribution in [0.15, 0.2) is 16.5 Å². The average Bonchev–Trinajstić information content (AvgIpc) is 2.56. The third kappa shape index (κ3) is 1.77. The molecule has 82 valence electrons. The van der Waals surface area contributed by atoms with E-state index >= 15 is 0 Å². The molecule has 4 heteroatoms. The van der Waals surface area contributed by atoms with Gasteiger partial charge in [0.15, 0.2) is 0 Å². The molecule has 2 rings (SSSR count). The van der Waals surface area contributed by atoms with Crippen molar-refractivity contribution in [2.75, 3.05) is 20.3 Å². The third-order valence-electron chi connectivity index (χ3n) is 2.68. The van der Waals surface area contributed by atoms with Crippen molar-refractivity contribution in [2.45, 2.75) is 13.3 Å². The molecule has 0 N–H and O–H groups in total. The van der Waals surface area contributed by atoms with Crippen LogP contribution in [-0.4, -0.2) is 26.3 Å². The van der Waals surface area contributed by atoms with Crippen molar-refractivity contribution in [3.63, 3.8) is 0 Å². The lowest BCUT2D eigenvalue weighted by atomic mass is 9.81. The smallest absolute Gasteiger partial charge is 0.316 e. The van der Waals surface area contributed by atoms with E-state index in [0.29, 0.717) is 19.6 Å². The highest BCUT2D eigenvalue weighted by molar-refractivity contribution is 5.78. The second-order valence-electron chi connectivity index (χ2n) is 3.95. The van der Waals surface area contributed by atoms with Gasteiger partial charge in [-0.25, -0.2) is 0 Å². The summed E-state index contributed by atoms with van der Waals surface area (Å²) < 4.78 is 15.3. The zero-order chi connectivity index (χ0) is 10.9. The van der Waals surface area contributed by atoms with Crippen molar-refractivity contribution in [3.05, 3.63) is 23.7 Å². The van der Waals surface area contributed by atoms with Crippen LogP contribution in [0.5, 0.6) is 0 Å². The fraction of sp³-hybridized carbons (Fsp3) is 0.545. The van der Waals surface area contributed by atoms with Crippen LogP contribution in [-0.2, 0) is 20.7 Å². The molecule has 1 aromatic rings. The van der Waals surface area contributed by atoms with Crippen molar-refractivity contribution in [1.29, 1.82) is 0 Å². The van der Waals surface area contributed by atoms with E-state index in [1.807, 2.05) is 19.1 Å². The Labute approximate surface area is 88.2 Å². The van der Waals surface area contributed by atoms with E-state index in [1.54, 1.807) is 0 Å². The number of hydrogen-bond acceptors (Lipinski definition) is 4. The molecular formula is C11H14O4. The topological polar surface area (TPSA) is 48.7 Å². The van der Waals surface area contributed by atoms with Gasteiger partial charge < -0.3 is 13.9 Å². The summed E-state index contributed by atoms with van der Waals surface area (Å²) in [5.74, 6) is 1.44. The lowest BCUT2D eigenvalue weighted by molar-refractivity contribution is -0.183. The maximum Gasteiger partial charge on any atom is 0.316 e. The number of ether oxygens (including phenoxy) is 2. The van der Waals surface area contributed by atoms with Gasteiger partial charge in [0, 0.05) is 6.42 Å². The van der Waals surface area contributed by atoms with Gasteiger partial charge in [0.05, 0.1) is 20.3 Å². The number of furan rings is 1. The second kappa shape index (κ2) is 3.70. The van der Waals surface area contributed by atoms with Crippen molar-refractivity contribution in [1.82, 2.24) is 0 Å². The zero-order valence-corrected chi connectivity index (χ0v) is 8.91. The predicted molar refractivity (Wildman–Crippen MR) is 52.4 cm³/mol. The molecule has 0 aromatic carbocycles. The summed E-state index contributed by atoms with van der Waals surface area (Å²) in [6.07, 6.45) is 0.549. The minimum atomic E-state index is -0.529. The lowest BCUT2D eigenvalue weighted by Crippen LogP contribution is -2.51. The molecule has 1 aliphatic heterocycles. The second-order valence-corrected chi connectivity index (χ2v) is 3.95. The van der Waals surface area contributed by atoms with E-state index in [0.717, 1.165) is 11.5 Å². The first-order valence-electron chi connectivity index (χ1n) is 4.88. The highest BCUT2D eigenvalue weighted by atomic mass is 16.5. The summed E-state index contributed by atoms with van der Waals surface area (Å²) in [7, 11) is 1.40. The van der Waals surface area contributed by atoms with Gasteiger partial charge in [-0.15, -0.1) is 0 Å². The number of methoxy groups -OCH3 is 1. The number of aryl methyl sites for hydroxylation is 1. The fourth-order valence-electron chi connectivity index (χ4n) is 1.77. The molecule has 0 radical (unpaired) electrons. The Morgan fingerprint density at radius 2 is 2.27 bits per heavy atom. The molecule has 15 heavy (non-hydrogen) atoms. The Kier molecular flexibility index (Phi) is 2.52. The Morgan fingerprint density at radius 1 is 1.53 bits per heavy atom. The highest BCUT2D eigenvalue weighted by Crippen LogP contribution is 2.33. The summed E-state index contributed by atoms with van der Waals surface area (Å²) in [4.78, 5) is 11.6. The molecule has 0 saturated carbocycles. The fourth-order valence-corrected chi connectivity index (χ4v) is 1.77. The minimum Gasteiger partial charge on any atom is -0.468 e. The van der Waals surface area contributed by atoms with Crippen molar-refractivity contribution in [2.24, 2.45) is 5.41 Å². The summed E-state index contributed by atoms with van der Waals surface area (Å²) in [5, 5.41) is 0. The Morgan fingerprint density at radius 3 is 2.67 bits per heavy atom. The molecular weight excluding hydrogens is 196 g/mol. The molecule has 4 nitrogen and oxygen atoms in total. The highest BCUT2D eigenvalue weighted by Gasteiger charge is 2.47. The number of carbonyl (C=O) groups excluding carboxylic acids is 1. The number of rotatable bonds is 3. The Hall–Kier alpha value is -1.29. The number of esters is 1. The predicted octanol–water partition coefficient (Wildman–Crippen LogP) is 1.32. The van der Waals surface area contributed by atoms with Crippen LogP contribution in [0.1, 0.15) is 11.5 Å². The van der Waals surface area contributed by atoms with Crippen LogP contribution in [0.3, 0.4) is 0 Å². The molecule has 1 fully saturated rings. The lowest BCUT2D eigenvalue weighted by Gasteiger charge is -2.37. The molecule has 0 amide bonds. The maximum atomic E-state index is 11.6. The summed E-state index contributed by atoms with van der Waals surface area (Å²) in [6, 6.07) is 3.78. The standard InChI is InChI=1S/C11H14O4/c1-8-3-4-9(15-8)5-11(6-14-7-11)10(12)13-2/h3-4H,5-7H2,1-2H3. The number of hydrogen-bond donors (Lipinski definition) is 0. The first-order valence-corrected chi connectivity index (χ1v) is 4.88. The van der Waals surface area contributed by atoms with Crippen LogP contribution in [0, 0.1) is 12.3 Å². The summed E-state index contributed by atoms with van der Waals surface area (Å²) in [6.45, 7) is 2.71. The first-order chi connectivity index (χ1) is 7.16. The van der Waals surface area contributed by atoms with E-state index in [2.05, 4.69) is 0 Å². The van der Waals surface area contributed by atoms with Gasteiger partial charge in [0.2, 0.25) is 0 Å². The van der Waals surface area contributed by atoms with E-state index in [4.69, 9.17) is 13.9 Å². The van der Waals surface area contributed by atoms with Crippen molar-refractivity contribution >= 4 is 5.97 Å². The summed E-state index contributed by atoms with van der Waals surface area (Å²) in [5.41, 5.74) is -0.529. The molecule has 1 aromatic heterocycles. The molecule has 0 unspecified atom stereocenters. The van der Waals surface area contributed by atoms with Crippen LogP contribution >= 0.6 is 0 Å². The van der Waals surface area contributed by atoms with E-state index < -0.39 is 5.41 Å². The Balaban J connectivity index is 2.11. The monoisotopic (exact) mass is 210 g/mol. The molecule has 1 saturated heterocycles. The van der Waals surface area contributed by atoms with Crippen LogP contribution in [0.2, 0.25) is 0 Å². The molecule has 0 spiro atoms. The van der Waals surface area contributed by atoms with Gasteiger partial charge in [0.25, 0.3) is 0 Å². The van der Waals surface area contributed by atoms with Gasteiger partial charge >= 0.3 is 5.97 Å². The summed E-state index contributed by atoms with van der Waals surface area (Å²) >= 11 is 0. The minimum absolute atomic E-state index is 0.220. The largest absolute Gasteiger partial charge is 0.468 e. The molecule has 1 aliphatic rings. The quantitative estimate of drug-likeness (QED) is 0.706. The van der Waals surface area contributed by atoms with Crippen LogP contribution in [0.25, 0.3) is 0 Å². The SMILES string of the molecule is COC(=O)C1(Cc2ccc(C)o2)COC1. The van der Waals surface area contributed by atoms with Gasteiger partial charge in [-0.1, -0.05) is 0 Å². The van der Waals surface area contributed by atoms with Crippen LogP contribution < -0.4 is 0 Å². The molecule has 2 heterocycles. The van der Waals surface area contributed by atoms with E-state index in [-0.39, 0.29) is 5.97 Å². The number of carbonyl (C=O) groups is 1. The maximum absolute atomic E-state index is 11.6. The molecule has 0 aliphatic carbocycles. The van der Waals surface area contributed by atoms with Gasteiger partial charge in [-0.05, 0) is 19.1 Å². The first kappa shape index (κ1) is 10.2. The van der Waals surface area contributed by atoms with E-state index in [9.17, 15) is 4.79 Å². The average molecular weight is 210 g/mol. The van der Waals surface area contributed by atoms with Gasteiger partial charge in [-0.2, -0.15) is 0 Å². The molecule has 0 bridgehead atoms. The Bertz CT molecular complexity index is 362. The zero-order valence-electron chi connectivity index (χ0n) is 8.91. The van der Waals surface area contributed by atoms with Gasteiger partial charge in [0.1, 0.15) is 16.9 Å². The van der Waals surface area contributed by atoms with Crippen molar-refractivity contribution in [3.8, 4) is 0 Å².